The highest BCUT2D eigenvalue weighted by molar-refractivity contribution is 5.85. The minimum Gasteiger partial charge on any atom is -0.396 e. The number of rotatable bonds is 2. The van der Waals surface area contributed by atoms with E-state index in [1.807, 2.05) is 18.2 Å². The van der Waals surface area contributed by atoms with Gasteiger partial charge in [-0.15, -0.1) is 12.4 Å². The smallest absolute Gasteiger partial charge is 0.0477 e. The summed E-state index contributed by atoms with van der Waals surface area (Å²) in [7, 11) is 0. The molecular formula is C11H16ClNO. The van der Waals surface area contributed by atoms with Crippen LogP contribution in [0.5, 0.6) is 0 Å². The zero-order valence-electron chi connectivity index (χ0n) is 8.02. The molecule has 0 saturated carbocycles. The normalized spacial score (nSPS) is 25.8. The molecule has 0 aliphatic carbocycles. The van der Waals surface area contributed by atoms with Crippen LogP contribution in [-0.2, 0) is 0 Å². The molecule has 0 spiro atoms. The Morgan fingerprint density at radius 2 is 2.00 bits per heavy atom. The second-order valence-electron chi connectivity index (χ2n) is 3.57. The molecule has 1 heterocycles. The summed E-state index contributed by atoms with van der Waals surface area (Å²) in [6, 6.07) is 10.7. The number of aliphatic hydroxyl groups excluding tert-OH is 1. The molecule has 1 aromatic carbocycles. The van der Waals surface area contributed by atoms with Crippen LogP contribution in [-0.4, -0.2) is 18.3 Å². The lowest BCUT2D eigenvalue weighted by molar-refractivity contribution is 0.214. The summed E-state index contributed by atoms with van der Waals surface area (Å²) in [5.41, 5.74) is 1.29. The van der Waals surface area contributed by atoms with Gasteiger partial charge in [-0.3, -0.25) is 0 Å². The van der Waals surface area contributed by atoms with E-state index in [2.05, 4.69) is 17.4 Å². The monoisotopic (exact) mass is 213 g/mol. The number of hydrogen-bond acceptors (Lipinski definition) is 2. The second kappa shape index (κ2) is 5.35. The molecule has 0 radical (unpaired) electrons. The van der Waals surface area contributed by atoms with E-state index in [1.165, 1.54) is 5.56 Å². The fraction of sp³-hybridized carbons (Fsp3) is 0.455. The number of nitrogens with one attached hydrogen (secondary N) is 1. The first-order chi connectivity index (χ1) is 6.42. The number of benzene rings is 1. The van der Waals surface area contributed by atoms with Gasteiger partial charge in [0, 0.05) is 18.6 Å². The van der Waals surface area contributed by atoms with Gasteiger partial charge in [0.05, 0.1) is 0 Å². The summed E-state index contributed by atoms with van der Waals surface area (Å²) in [5.74, 6) is 0.391. The van der Waals surface area contributed by atoms with Gasteiger partial charge in [-0.2, -0.15) is 0 Å². The Labute approximate surface area is 90.7 Å². The maximum atomic E-state index is 9.16. The van der Waals surface area contributed by atoms with E-state index >= 15 is 0 Å². The van der Waals surface area contributed by atoms with Crippen molar-refractivity contribution in [2.24, 2.45) is 5.92 Å². The van der Waals surface area contributed by atoms with E-state index in [1.54, 1.807) is 0 Å². The Morgan fingerprint density at radius 1 is 1.29 bits per heavy atom. The summed E-state index contributed by atoms with van der Waals surface area (Å²) >= 11 is 0. The van der Waals surface area contributed by atoms with Crippen LogP contribution >= 0.6 is 12.4 Å². The van der Waals surface area contributed by atoms with Crippen molar-refractivity contribution in [3.05, 3.63) is 35.9 Å². The molecule has 3 heteroatoms. The third-order valence-corrected chi connectivity index (χ3v) is 2.74. The molecule has 0 bridgehead atoms. The van der Waals surface area contributed by atoms with E-state index in [0.717, 1.165) is 13.0 Å². The third kappa shape index (κ3) is 2.27. The molecule has 0 unspecified atom stereocenters. The van der Waals surface area contributed by atoms with Crippen LogP contribution in [0, 0.1) is 5.92 Å². The lowest BCUT2D eigenvalue weighted by Gasteiger charge is -2.17. The first kappa shape index (κ1) is 11.5. The summed E-state index contributed by atoms with van der Waals surface area (Å²) in [6.45, 7) is 1.30. The molecule has 1 aliphatic heterocycles. The lowest BCUT2D eigenvalue weighted by atomic mass is 9.95. The average Bonchev–Trinajstić information content (AvgIpc) is 2.67. The van der Waals surface area contributed by atoms with E-state index in [9.17, 15) is 0 Å². The van der Waals surface area contributed by atoms with Gasteiger partial charge in [0.1, 0.15) is 0 Å². The molecular weight excluding hydrogens is 198 g/mol. The van der Waals surface area contributed by atoms with Crippen molar-refractivity contribution in [1.82, 2.24) is 5.32 Å². The molecule has 14 heavy (non-hydrogen) atoms. The van der Waals surface area contributed by atoms with Crippen molar-refractivity contribution < 1.29 is 5.11 Å². The van der Waals surface area contributed by atoms with E-state index in [-0.39, 0.29) is 19.0 Å². The van der Waals surface area contributed by atoms with Crippen LogP contribution < -0.4 is 5.32 Å². The van der Waals surface area contributed by atoms with Gasteiger partial charge >= 0.3 is 0 Å². The standard InChI is InChI=1S/C11H15NO.ClH/c13-8-10-6-7-12-11(10)9-4-2-1-3-5-9;/h1-5,10-13H,6-8H2;1H/t10-,11+;/m0./s1. The fourth-order valence-corrected chi connectivity index (χ4v) is 2.00. The van der Waals surface area contributed by atoms with Crippen molar-refractivity contribution in [3.8, 4) is 0 Å². The van der Waals surface area contributed by atoms with Crippen molar-refractivity contribution in [2.45, 2.75) is 12.5 Å². The zero-order valence-corrected chi connectivity index (χ0v) is 8.83. The van der Waals surface area contributed by atoms with Crippen LogP contribution in [0.2, 0.25) is 0 Å². The van der Waals surface area contributed by atoms with Crippen LogP contribution in [0.15, 0.2) is 30.3 Å². The Bertz CT molecular complexity index is 265. The molecule has 2 atom stereocenters. The quantitative estimate of drug-likeness (QED) is 0.785. The van der Waals surface area contributed by atoms with E-state index in [0.29, 0.717) is 12.0 Å². The Balaban J connectivity index is 0.000000980. The predicted molar refractivity (Wildman–Crippen MR) is 59.6 cm³/mol. The van der Waals surface area contributed by atoms with Crippen molar-refractivity contribution in [2.75, 3.05) is 13.2 Å². The topological polar surface area (TPSA) is 32.3 Å². The molecule has 0 amide bonds. The van der Waals surface area contributed by atoms with Crippen LogP contribution in [0.1, 0.15) is 18.0 Å². The molecule has 0 aromatic heterocycles. The highest BCUT2D eigenvalue weighted by Crippen LogP contribution is 2.28. The van der Waals surface area contributed by atoms with Crippen molar-refractivity contribution in [1.29, 1.82) is 0 Å². The summed E-state index contributed by atoms with van der Waals surface area (Å²) in [4.78, 5) is 0. The lowest BCUT2D eigenvalue weighted by Crippen LogP contribution is -2.19. The van der Waals surface area contributed by atoms with E-state index in [4.69, 9.17) is 5.11 Å². The maximum Gasteiger partial charge on any atom is 0.0477 e. The van der Waals surface area contributed by atoms with Crippen LogP contribution in [0.25, 0.3) is 0 Å². The minimum absolute atomic E-state index is 0. The zero-order chi connectivity index (χ0) is 9.10. The van der Waals surface area contributed by atoms with Gasteiger partial charge in [-0.25, -0.2) is 0 Å². The first-order valence-corrected chi connectivity index (χ1v) is 4.81. The number of halogens is 1. The van der Waals surface area contributed by atoms with Gasteiger partial charge in [0.2, 0.25) is 0 Å². The second-order valence-corrected chi connectivity index (χ2v) is 3.57. The average molecular weight is 214 g/mol. The van der Waals surface area contributed by atoms with Gasteiger partial charge in [-0.05, 0) is 18.5 Å². The summed E-state index contributed by atoms with van der Waals surface area (Å²) in [6.07, 6.45) is 1.08. The summed E-state index contributed by atoms with van der Waals surface area (Å²) in [5, 5.41) is 12.6. The van der Waals surface area contributed by atoms with Crippen LogP contribution in [0.4, 0.5) is 0 Å². The molecule has 1 saturated heterocycles. The van der Waals surface area contributed by atoms with E-state index < -0.39 is 0 Å². The maximum absolute atomic E-state index is 9.16. The number of aliphatic hydroxyl groups is 1. The van der Waals surface area contributed by atoms with Crippen LogP contribution in [0.3, 0.4) is 0 Å². The van der Waals surface area contributed by atoms with Crippen molar-refractivity contribution in [3.63, 3.8) is 0 Å². The van der Waals surface area contributed by atoms with Gasteiger partial charge in [0.25, 0.3) is 0 Å². The summed E-state index contributed by atoms with van der Waals surface area (Å²) < 4.78 is 0. The highest BCUT2D eigenvalue weighted by Gasteiger charge is 2.26. The molecule has 2 nitrogen and oxygen atoms in total. The molecule has 1 aliphatic rings. The van der Waals surface area contributed by atoms with Gasteiger partial charge < -0.3 is 10.4 Å². The van der Waals surface area contributed by atoms with Crippen molar-refractivity contribution >= 4 is 12.4 Å². The largest absolute Gasteiger partial charge is 0.396 e. The van der Waals surface area contributed by atoms with Gasteiger partial charge in [-0.1, -0.05) is 30.3 Å². The Hall–Kier alpha value is -0.570. The minimum atomic E-state index is 0. The molecule has 78 valence electrons. The predicted octanol–water partition coefficient (Wildman–Crippen LogP) is 1.75. The Morgan fingerprint density at radius 3 is 2.64 bits per heavy atom. The third-order valence-electron chi connectivity index (χ3n) is 2.74. The van der Waals surface area contributed by atoms with Gasteiger partial charge in [0.15, 0.2) is 0 Å². The molecule has 2 rings (SSSR count). The molecule has 2 N–H and O–H groups in total. The fourth-order valence-electron chi connectivity index (χ4n) is 2.00. The molecule has 1 aromatic rings. The molecule has 1 fully saturated rings. The highest BCUT2D eigenvalue weighted by atomic mass is 35.5. The first-order valence-electron chi connectivity index (χ1n) is 4.81. The SMILES string of the molecule is Cl.OC[C@@H]1CCN[C@@H]1c1ccccc1. The number of hydrogen-bond donors (Lipinski definition) is 2. The Kier molecular flexibility index (Phi) is 4.39.